The van der Waals surface area contributed by atoms with Crippen molar-refractivity contribution >= 4 is 22.2 Å². The van der Waals surface area contributed by atoms with Crippen LogP contribution in [0.25, 0.3) is 4.96 Å². The predicted molar refractivity (Wildman–Crippen MR) is 91.8 cm³/mol. The maximum absolute atomic E-state index is 12.8. The Bertz CT molecular complexity index is 665. The Morgan fingerprint density at radius 2 is 2.13 bits per heavy atom. The molecule has 1 amide bonds. The summed E-state index contributed by atoms with van der Waals surface area (Å²) in [5.74, 6) is 0.251. The van der Waals surface area contributed by atoms with Crippen molar-refractivity contribution in [3.8, 4) is 0 Å². The molecule has 124 valence electrons. The summed E-state index contributed by atoms with van der Waals surface area (Å²) in [7, 11) is 0. The average Bonchev–Trinajstić information content (AvgIpc) is 3.28. The lowest BCUT2D eigenvalue weighted by molar-refractivity contribution is -0.132. The topological polar surface area (TPSA) is 40.9 Å². The molecule has 0 saturated carbocycles. The molecule has 5 nitrogen and oxygen atoms in total. The highest BCUT2D eigenvalue weighted by Crippen LogP contribution is 2.30. The van der Waals surface area contributed by atoms with E-state index in [0.717, 1.165) is 36.6 Å². The molecule has 0 aliphatic carbocycles. The van der Waals surface area contributed by atoms with Crippen molar-refractivity contribution in [3.05, 3.63) is 23.5 Å². The van der Waals surface area contributed by atoms with Crippen LogP contribution >= 0.6 is 11.3 Å². The number of likely N-dealkylation sites (tertiary alicyclic amines) is 2. The van der Waals surface area contributed by atoms with E-state index in [1.165, 1.54) is 19.4 Å². The normalized spacial score (nSPS) is 25.7. The number of likely N-dealkylation sites (N-methyl/N-ethyl adjacent to an activating group) is 1. The Labute approximate surface area is 140 Å². The molecule has 2 aliphatic rings. The second kappa shape index (κ2) is 6.24. The summed E-state index contributed by atoms with van der Waals surface area (Å²) in [5, 5.41) is 2.02. The summed E-state index contributed by atoms with van der Waals surface area (Å²) < 4.78 is 2.00. The molecule has 0 spiro atoms. The van der Waals surface area contributed by atoms with Crippen LogP contribution in [-0.2, 0) is 11.2 Å². The first-order chi connectivity index (χ1) is 11.3. The van der Waals surface area contributed by atoms with Crippen molar-refractivity contribution in [2.24, 2.45) is 0 Å². The molecule has 4 rings (SSSR count). The molecule has 23 heavy (non-hydrogen) atoms. The van der Waals surface area contributed by atoms with Gasteiger partial charge in [0.25, 0.3) is 0 Å². The van der Waals surface area contributed by atoms with E-state index in [2.05, 4.69) is 21.7 Å². The Balaban J connectivity index is 1.47. The van der Waals surface area contributed by atoms with E-state index in [-0.39, 0.29) is 5.91 Å². The molecule has 0 radical (unpaired) electrons. The number of hydrogen-bond acceptors (Lipinski definition) is 4. The number of hydrogen-bond donors (Lipinski definition) is 0. The van der Waals surface area contributed by atoms with Gasteiger partial charge in [-0.3, -0.25) is 14.1 Å². The van der Waals surface area contributed by atoms with Gasteiger partial charge < -0.3 is 4.90 Å². The molecule has 2 aromatic heterocycles. The number of amides is 1. The molecular formula is C17H24N4OS. The largest absolute Gasteiger partial charge is 0.338 e. The number of aromatic nitrogens is 2. The quantitative estimate of drug-likeness (QED) is 0.863. The molecular weight excluding hydrogens is 308 g/mol. The summed E-state index contributed by atoms with van der Waals surface area (Å²) in [6, 6.07) is 0.977. The lowest BCUT2D eigenvalue weighted by Crippen LogP contribution is -2.48. The first-order valence-electron chi connectivity index (χ1n) is 8.71. The molecule has 4 heterocycles. The standard InChI is InChI=1S/C17H24N4OS/c1-2-19-7-3-5-14(19)15-6-4-8-21(15)16(22)11-13-12-20-9-10-23-17(20)18-13/h9-10,12,14-15H,2-8,11H2,1H3/t14-,15-/m0/s1. The molecule has 2 aliphatic heterocycles. The van der Waals surface area contributed by atoms with Gasteiger partial charge in [0.15, 0.2) is 4.96 Å². The van der Waals surface area contributed by atoms with Crippen LogP contribution in [0.1, 0.15) is 38.3 Å². The molecule has 0 bridgehead atoms. The zero-order valence-electron chi connectivity index (χ0n) is 13.6. The van der Waals surface area contributed by atoms with E-state index in [4.69, 9.17) is 0 Å². The van der Waals surface area contributed by atoms with Gasteiger partial charge in [-0.2, -0.15) is 0 Å². The number of thiazole rings is 1. The maximum Gasteiger partial charge on any atom is 0.228 e. The number of carbonyl (C=O) groups excluding carboxylic acids is 1. The molecule has 6 heteroatoms. The van der Waals surface area contributed by atoms with E-state index >= 15 is 0 Å². The fourth-order valence-electron chi connectivity index (χ4n) is 4.30. The van der Waals surface area contributed by atoms with Gasteiger partial charge in [0.1, 0.15) is 0 Å². The van der Waals surface area contributed by atoms with Gasteiger partial charge in [-0.1, -0.05) is 6.92 Å². The SMILES string of the molecule is CCN1CCC[C@H]1[C@@H]1CCCN1C(=O)Cc1cn2ccsc2n1. The second-order valence-corrected chi connectivity index (χ2v) is 7.51. The number of fused-ring (bicyclic) bond motifs is 1. The summed E-state index contributed by atoms with van der Waals surface area (Å²) in [4.78, 5) is 23.1. The van der Waals surface area contributed by atoms with Crippen molar-refractivity contribution in [2.75, 3.05) is 19.6 Å². The van der Waals surface area contributed by atoms with E-state index in [9.17, 15) is 4.79 Å². The molecule has 0 N–H and O–H groups in total. The maximum atomic E-state index is 12.8. The lowest BCUT2D eigenvalue weighted by Gasteiger charge is -2.34. The van der Waals surface area contributed by atoms with Crippen molar-refractivity contribution < 1.29 is 4.79 Å². The van der Waals surface area contributed by atoms with E-state index in [1.54, 1.807) is 11.3 Å². The van der Waals surface area contributed by atoms with Gasteiger partial charge >= 0.3 is 0 Å². The zero-order valence-corrected chi connectivity index (χ0v) is 14.5. The summed E-state index contributed by atoms with van der Waals surface area (Å²) in [6.45, 7) is 5.44. The van der Waals surface area contributed by atoms with E-state index in [0.29, 0.717) is 18.5 Å². The first kappa shape index (κ1) is 15.1. The van der Waals surface area contributed by atoms with E-state index in [1.807, 2.05) is 22.2 Å². The van der Waals surface area contributed by atoms with Crippen LogP contribution in [0.3, 0.4) is 0 Å². The minimum absolute atomic E-state index is 0.251. The molecule has 0 aromatic carbocycles. The monoisotopic (exact) mass is 332 g/mol. The summed E-state index contributed by atoms with van der Waals surface area (Å²) >= 11 is 1.61. The van der Waals surface area contributed by atoms with Crippen molar-refractivity contribution in [1.82, 2.24) is 19.2 Å². The fourth-order valence-corrected chi connectivity index (χ4v) is 5.02. The highest BCUT2D eigenvalue weighted by atomic mass is 32.1. The predicted octanol–water partition coefficient (Wildman–Crippen LogP) is 2.41. The number of carbonyl (C=O) groups is 1. The van der Waals surface area contributed by atoms with Gasteiger partial charge in [0.05, 0.1) is 12.1 Å². The average molecular weight is 332 g/mol. The van der Waals surface area contributed by atoms with Gasteiger partial charge in [-0.15, -0.1) is 11.3 Å². The number of imidazole rings is 1. The molecule has 2 saturated heterocycles. The third-order valence-electron chi connectivity index (χ3n) is 5.36. The Kier molecular flexibility index (Phi) is 4.11. The molecule has 2 atom stereocenters. The van der Waals surface area contributed by atoms with Gasteiger partial charge in [0, 0.05) is 36.4 Å². The highest BCUT2D eigenvalue weighted by molar-refractivity contribution is 7.15. The highest BCUT2D eigenvalue weighted by Gasteiger charge is 2.39. The van der Waals surface area contributed by atoms with Crippen molar-refractivity contribution in [1.29, 1.82) is 0 Å². The smallest absolute Gasteiger partial charge is 0.228 e. The van der Waals surface area contributed by atoms with E-state index < -0.39 is 0 Å². The number of rotatable bonds is 4. The van der Waals surface area contributed by atoms with Gasteiger partial charge in [-0.05, 0) is 38.8 Å². The zero-order chi connectivity index (χ0) is 15.8. The van der Waals surface area contributed by atoms with Crippen LogP contribution in [0.2, 0.25) is 0 Å². The van der Waals surface area contributed by atoms with Crippen LogP contribution in [0, 0.1) is 0 Å². The molecule has 0 unspecified atom stereocenters. The van der Waals surface area contributed by atoms with Crippen LogP contribution in [0.4, 0.5) is 0 Å². The van der Waals surface area contributed by atoms with Crippen LogP contribution in [-0.4, -0.2) is 56.8 Å². The Morgan fingerprint density at radius 3 is 2.96 bits per heavy atom. The molecule has 2 fully saturated rings. The van der Waals surface area contributed by atoms with Crippen LogP contribution in [0.5, 0.6) is 0 Å². The van der Waals surface area contributed by atoms with Gasteiger partial charge in [0.2, 0.25) is 5.91 Å². The second-order valence-electron chi connectivity index (χ2n) is 6.64. The minimum atomic E-state index is 0.251. The van der Waals surface area contributed by atoms with Crippen molar-refractivity contribution in [2.45, 2.75) is 51.1 Å². The fraction of sp³-hybridized carbons (Fsp3) is 0.647. The summed E-state index contributed by atoms with van der Waals surface area (Å²) in [6.07, 6.45) is 9.23. The number of nitrogens with zero attached hydrogens (tertiary/aromatic N) is 4. The Hall–Kier alpha value is -1.40. The third-order valence-corrected chi connectivity index (χ3v) is 6.13. The molecule has 2 aromatic rings. The lowest BCUT2D eigenvalue weighted by atomic mass is 10.0. The van der Waals surface area contributed by atoms with Crippen LogP contribution in [0.15, 0.2) is 17.8 Å². The minimum Gasteiger partial charge on any atom is -0.338 e. The third kappa shape index (κ3) is 2.78. The van der Waals surface area contributed by atoms with Crippen LogP contribution < -0.4 is 0 Å². The summed E-state index contributed by atoms with van der Waals surface area (Å²) in [5.41, 5.74) is 0.895. The Morgan fingerprint density at radius 1 is 1.30 bits per heavy atom. The first-order valence-corrected chi connectivity index (χ1v) is 9.59. The van der Waals surface area contributed by atoms with Crippen molar-refractivity contribution in [3.63, 3.8) is 0 Å². The van der Waals surface area contributed by atoms with Gasteiger partial charge in [-0.25, -0.2) is 4.98 Å².